The Morgan fingerprint density at radius 2 is 2.29 bits per heavy atom. The van der Waals surface area contributed by atoms with Gasteiger partial charge in [-0.3, -0.25) is 4.79 Å². The lowest BCUT2D eigenvalue weighted by Gasteiger charge is -2.11. The van der Waals surface area contributed by atoms with Gasteiger partial charge in [0.05, 0.1) is 5.92 Å². The zero-order valence-electron chi connectivity index (χ0n) is 9.93. The van der Waals surface area contributed by atoms with Crippen molar-refractivity contribution in [3.63, 3.8) is 0 Å². The van der Waals surface area contributed by atoms with Crippen LogP contribution in [-0.2, 0) is 11.2 Å². The van der Waals surface area contributed by atoms with Gasteiger partial charge in [-0.15, -0.1) is 5.26 Å². The summed E-state index contributed by atoms with van der Waals surface area (Å²) in [6.45, 7) is 3.64. The second-order valence-corrected chi connectivity index (χ2v) is 3.87. The van der Waals surface area contributed by atoms with Gasteiger partial charge in [0.1, 0.15) is 5.75 Å². The summed E-state index contributed by atoms with van der Waals surface area (Å²) in [5, 5.41) is 17.5. The monoisotopic (exact) mass is 233 g/mol. The second-order valence-electron chi connectivity index (χ2n) is 3.87. The van der Waals surface area contributed by atoms with E-state index >= 15 is 0 Å². The summed E-state index contributed by atoms with van der Waals surface area (Å²) in [5.74, 6) is -1.04. The number of carboxylic acids is 1. The molecule has 17 heavy (non-hydrogen) atoms. The van der Waals surface area contributed by atoms with Crippen LogP contribution in [0.2, 0.25) is 0 Å². The van der Waals surface area contributed by atoms with Crippen molar-refractivity contribution in [2.45, 2.75) is 32.6 Å². The van der Waals surface area contributed by atoms with Crippen molar-refractivity contribution >= 4 is 5.97 Å². The first-order valence-corrected chi connectivity index (χ1v) is 5.51. The Morgan fingerprint density at radius 3 is 2.82 bits per heavy atom. The molecule has 4 heteroatoms. The number of carboxylic acid groups (broad SMARTS) is 1. The number of hydrogen-bond donors (Lipinski definition) is 1. The average molecular weight is 233 g/mol. The van der Waals surface area contributed by atoms with Crippen molar-refractivity contribution in [3.05, 3.63) is 29.3 Å². The molecular formula is C13H15NO3. The number of nitriles is 1. The third-order valence-corrected chi connectivity index (χ3v) is 2.64. The van der Waals surface area contributed by atoms with Gasteiger partial charge in [-0.05, 0) is 30.5 Å². The number of rotatable bonds is 5. The topological polar surface area (TPSA) is 70.3 Å². The fraction of sp³-hybridized carbons (Fsp3) is 0.385. The number of carbonyl (C=O) groups is 1. The van der Waals surface area contributed by atoms with E-state index in [2.05, 4.69) is 0 Å². The number of benzene rings is 1. The van der Waals surface area contributed by atoms with Gasteiger partial charge in [0, 0.05) is 0 Å². The van der Waals surface area contributed by atoms with E-state index in [1.165, 1.54) is 0 Å². The lowest BCUT2D eigenvalue weighted by molar-refractivity contribution is -0.138. The predicted molar refractivity (Wildman–Crippen MR) is 62.7 cm³/mol. The van der Waals surface area contributed by atoms with Crippen molar-refractivity contribution in [2.24, 2.45) is 0 Å². The first-order chi connectivity index (χ1) is 8.10. The standard InChI is InChI=1S/C13H15NO3/c1-3-4-10-5-6-11(9(2)13(15)16)7-12(10)17-8-14/h5-7,9H,3-4H2,1-2H3,(H,15,16). The average Bonchev–Trinajstić information content (AvgIpc) is 2.31. The van der Waals surface area contributed by atoms with Crippen LogP contribution in [0.15, 0.2) is 18.2 Å². The fourth-order valence-corrected chi connectivity index (χ4v) is 1.60. The first kappa shape index (κ1) is 13.0. The highest BCUT2D eigenvalue weighted by molar-refractivity contribution is 5.75. The fourth-order valence-electron chi connectivity index (χ4n) is 1.60. The summed E-state index contributed by atoms with van der Waals surface area (Å²) in [4.78, 5) is 10.9. The number of aryl methyl sites for hydroxylation is 1. The van der Waals surface area contributed by atoms with Gasteiger partial charge in [0.25, 0.3) is 6.26 Å². The Morgan fingerprint density at radius 1 is 1.59 bits per heavy atom. The number of hydrogen-bond acceptors (Lipinski definition) is 3. The summed E-state index contributed by atoms with van der Waals surface area (Å²) in [6, 6.07) is 5.23. The Bertz CT molecular complexity index is 448. The smallest absolute Gasteiger partial charge is 0.310 e. The molecular weight excluding hydrogens is 218 g/mol. The molecule has 0 bridgehead atoms. The third-order valence-electron chi connectivity index (χ3n) is 2.64. The van der Waals surface area contributed by atoms with E-state index in [0.717, 1.165) is 18.4 Å². The number of aliphatic carboxylic acids is 1. The van der Waals surface area contributed by atoms with Crippen LogP contribution in [0.5, 0.6) is 5.75 Å². The maximum absolute atomic E-state index is 10.9. The zero-order valence-corrected chi connectivity index (χ0v) is 9.93. The Balaban J connectivity index is 3.09. The molecule has 90 valence electrons. The van der Waals surface area contributed by atoms with Crippen molar-refractivity contribution in [3.8, 4) is 12.0 Å². The van der Waals surface area contributed by atoms with Gasteiger partial charge in [0.15, 0.2) is 0 Å². The second kappa shape index (κ2) is 5.90. The molecule has 0 aromatic heterocycles. The van der Waals surface area contributed by atoms with Crippen LogP contribution in [0.4, 0.5) is 0 Å². The van der Waals surface area contributed by atoms with E-state index in [0.29, 0.717) is 11.3 Å². The molecule has 1 rings (SSSR count). The molecule has 0 aliphatic carbocycles. The molecule has 0 radical (unpaired) electrons. The van der Waals surface area contributed by atoms with E-state index in [4.69, 9.17) is 15.1 Å². The highest BCUT2D eigenvalue weighted by Crippen LogP contribution is 2.26. The van der Waals surface area contributed by atoms with Crippen LogP contribution >= 0.6 is 0 Å². The summed E-state index contributed by atoms with van der Waals surface area (Å²) in [5.41, 5.74) is 1.57. The molecule has 0 spiro atoms. The maximum atomic E-state index is 10.9. The lowest BCUT2D eigenvalue weighted by Crippen LogP contribution is -2.07. The van der Waals surface area contributed by atoms with Crippen molar-refractivity contribution < 1.29 is 14.6 Å². The summed E-state index contributed by atoms with van der Waals surface area (Å²) in [6.07, 6.45) is 3.38. The van der Waals surface area contributed by atoms with Crippen LogP contribution in [0.25, 0.3) is 0 Å². The van der Waals surface area contributed by atoms with Gasteiger partial charge in [-0.25, -0.2) is 0 Å². The minimum atomic E-state index is -0.892. The molecule has 1 aromatic carbocycles. The molecule has 4 nitrogen and oxygen atoms in total. The van der Waals surface area contributed by atoms with Crippen LogP contribution in [0.3, 0.4) is 0 Å². The van der Waals surface area contributed by atoms with Gasteiger partial charge in [-0.1, -0.05) is 25.5 Å². The molecule has 0 amide bonds. The van der Waals surface area contributed by atoms with Gasteiger partial charge in [0.2, 0.25) is 0 Å². The quantitative estimate of drug-likeness (QED) is 0.794. The van der Waals surface area contributed by atoms with Crippen LogP contribution in [0.1, 0.15) is 37.3 Å². The van der Waals surface area contributed by atoms with Crippen LogP contribution in [0, 0.1) is 11.5 Å². The lowest BCUT2D eigenvalue weighted by atomic mass is 9.98. The summed E-state index contributed by atoms with van der Waals surface area (Å²) >= 11 is 0. The van der Waals surface area contributed by atoms with Crippen molar-refractivity contribution in [2.75, 3.05) is 0 Å². The largest absolute Gasteiger partial charge is 0.481 e. The summed E-state index contributed by atoms with van der Waals surface area (Å²) in [7, 11) is 0. The molecule has 0 saturated carbocycles. The minimum Gasteiger partial charge on any atom is -0.481 e. The number of nitrogens with zero attached hydrogens (tertiary/aromatic N) is 1. The molecule has 0 fully saturated rings. The Labute approximate surface area is 100 Å². The van der Waals surface area contributed by atoms with Crippen LogP contribution in [-0.4, -0.2) is 11.1 Å². The molecule has 1 unspecified atom stereocenters. The highest BCUT2D eigenvalue weighted by atomic mass is 16.5. The van der Waals surface area contributed by atoms with E-state index in [-0.39, 0.29) is 0 Å². The molecule has 0 saturated heterocycles. The Hall–Kier alpha value is -2.02. The number of ether oxygens (including phenoxy) is 1. The summed E-state index contributed by atoms with van der Waals surface area (Å²) < 4.78 is 4.87. The van der Waals surface area contributed by atoms with Gasteiger partial charge < -0.3 is 9.84 Å². The van der Waals surface area contributed by atoms with Crippen molar-refractivity contribution in [1.82, 2.24) is 0 Å². The zero-order chi connectivity index (χ0) is 12.8. The minimum absolute atomic E-state index is 0.458. The van der Waals surface area contributed by atoms with Gasteiger partial charge >= 0.3 is 5.97 Å². The van der Waals surface area contributed by atoms with E-state index in [1.807, 2.05) is 13.0 Å². The molecule has 1 atom stereocenters. The first-order valence-electron chi connectivity index (χ1n) is 5.51. The van der Waals surface area contributed by atoms with Crippen molar-refractivity contribution in [1.29, 1.82) is 5.26 Å². The SMILES string of the molecule is CCCc1ccc(C(C)C(=O)O)cc1OC#N. The highest BCUT2D eigenvalue weighted by Gasteiger charge is 2.15. The molecule has 0 heterocycles. The Kier molecular flexibility index (Phi) is 4.53. The van der Waals surface area contributed by atoms with E-state index in [1.54, 1.807) is 25.3 Å². The van der Waals surface area contributed by atoms with E-state index < -0.39 is 11.9 Å². The normalized spacial score (nSPS) is 11.6. The van der Waals surface area contributed by atoms with Crippen LogP contribution < -0.4 is 4.74 Å². The predicted octanol–water partition coefficient (Wildman–Crippen LogP) is 2.69. The van der Waals surface area contributed by atoms with E-state index in [9.17, 15) is 4.79 Å². The molecule has 0 aliphatic rings. The maximum Gasteiger partial charge on any atom is 0.310 e. The molecule has 1 aromatic rings. The molecule has 0 aliphatic heterocycles. The van der Waals surface area contributed by atoms with Gasteiger partial charge in [-0.2, -0.15) is 0 Å². The molecule has 1 N–H and O–H groups in total. The third kappa shape index (κ3) is 3.22.